The van der Waals surface area contributed by atoms with Crippen LogP contribution >= 0.6 is 8.17 Å². The molecule has 2 saturated heterocycles. The van der Waals surface area contributed by atoms with Crippen molar-refractivity contribution in [2.24, 2.45) is 0 Å². The fraction of sp³-hybridized carbons (Fsp3) is 0.242. The van der Waals surface area contributed by atoms with Crippen molar-refractivity contribution in [3.63, 3.8) is 0 Å². The second kappa shape index (κ2) is 13.0. The molecule has 12 nitrogen and oxygen atoms in total. The van der Waals surface area contributed by atoms with Crippen LogP contribution in [-0.4, -0.2) is 84.7 Å². The van der Waals surface area contributed by atoms with Gasteiger partial charge in [-0.05, 0) is 39.6 Å². The largest absolute Gasteiger partial charge is 0.613 e. The zero-order chi connectivity index (χ0) is 32.4. The quantitative estimate of drug-likeness (QED) is 0.214. The summed E-state index contributed by atoms with van der Waals surface area (Å²) in [5.74, 6) is -0.497. The number of rotatable bonds is 8. The number of piperazine rings is 1. The molecule has 4 aromatic carbocycles. The Kier molecular flexibility index (Phi) is 8.90. The number of hydrazine groups is 1. The van der Waals surface area contributed by atoms with E-state index in [1.807, 2.05) is 72.8 Å². The van der Waals surface area contributed by atoms with Gasteiger partial charge in [0, 0.05) is 26.6 Å². The van der Waals surface area contributed by atoms with E-state index in [4.69, 9.17) is 4.52 Å². The van der Waals surface area contributed by atoms with Crippen molar-refractivity contribution >= 4 is 36.8 Å². The first kappa shape index (κ1) is 31.4. The minimum atomic E-state index is -4.49. The molecule has 2 aliphatic rings. The minimum Gasteiger partial charge on any atom is -0.333 e. The molecule has 0 bridgehead atoms. The van der Waals surface area contributed by atoms with E-state index in [2.05, 4.69) is 5.32 Å². The Bertz CT molecular complexity index is 1730. The van der Waals surface area contributed by atoms with Gasteiger partial charge in [-0.15, -0.1) is 0 Å². The summed E-state index contributed by atoms with van der Waals surface area (Å²) >= 11 is 0. The number of urea groups is 1. The second-order valence-corrected chi connectivity index (χ2v) is 12.6. The lowest BCUT2D eigenvalue weighted by atomic mass is 9.97. The van der Waals surface area contributed by atoms with Crippen molar-refractivity contribution in [2.75, 3.05) is 20.1 Å². The predicted octanol–water partition coefficient (Wildman–Crippen LogP) is 3.05. The number of carbonyl (C=O) groups excluding carboxylic acids is 3. The molecule has 4 N–H and O–H groups in total. The predicted molar refractivity (Wildman–Crippen MR) is 171 cm³/mol. The lowest BCUT2D eigenvalue weighted by Crippen LogP contribution is -2.76. The maximum absolute atomic E-state index is 14.3. The summed E-state index contributed by atoms with van der Waals surface area (Å²) in [5.41, 5.74) is 2.54. The Hall–Kier alpha value is -4.58. The second-order valence-electron chi connectivity index (χ2n) is 11.4. The number of benzene rings is 4. The third-order valence-electron chi connectivity index (χ3n) is 8.26. The van der Waals surface area contributed by atoms with Crippen LogP contribution in [0.15, 0.2) is 97.1 Å². The molecule has 0 saturated carbocycles. The van der Waals surface area contributed by atoms with Gasteiger partial charge in [-0.1, -0.05) is 84.9 Å². The molecule has 6 rings (SSSR count). The monoisotopic (exact) mass is 644 g/mol. The van der Waals surface area contributed by atoms with E-state index in [-0.39, 0.29) is 43.6 Å². The van der Waals surface area contributed by atoms with Crippen LogP contribution in [0.3, 0.4) is 0 Å². The Morgan fingerprint density at radius 2 is 1.59 bits per heavy atom. The number of hydrogen-bond donors (Lipinski definition) is 4. The van der Waals surface area contributed by atoms with Gasteiger partial charge >= 0.3 is 14.2 Å². The van der Waals surface area contributed by atoms with Crippen LogP contribution in [0.4, 0.5) is 4.79 Å². The molecule has 2 aliphatic heterocycles. The normalized spacial score (nSPS) is 18.9. The molecule has 238 valence electrons. The maximum atomic E-state index is 14.3. The lowest BCUT2D eigenvalue weighted by Gasteiger charge is -2.54. The number of nitrogens with zero attached hydrogens (tertiary/aromatic N) is 4. The van der Waals surface area contributed by atoms with E-state index in [0.717, 1.165) is 21.9 Å². The van der Waals surface area contributed by atoms with Crippen molar-refractivity contribution in [1.82, 2.24) is 25.1 Å². The van der Waals surface area contributed by atoms with Crippen LogP contribution in [0.1, 0.15) is 16.7 Å². The van der Waals surface area contributed by atoms with Crippen molar-refractivity contribution in [1.29, 1.82) is 0 Å². The molecule has 0 spiro atoms. The van der Waals surface area contributed by atoms with E-state index in [9.17, 15) is 29.1 Å². The van der Waals surface area contributed by atoms with E-state index in [1.54, 1.807) is 29.1 Å². The van der Waals surface area contributed by atoms with Crippen LogP contribution in [-0.2, 0) is 29.1 Å². The van der Waals surface area contributed by atoms with Gasteiger partial charge in [0.05, 0.1) is 13.1 Å². The first-order valence-electron chi connectivity index (χ1n) is 14.8. The van der Waals surface area contributed by atoms with Gasteiger partial charge in [0.2, 0.25) is 11.8 Å². The smallest absolute Gasteiger partial charge is 0.333 e. The molecule has 4 aromatic rings. The number of nitrogens with one attached hydrogen (secondary N) is 1. The van der Waals surface area contributed by atoms with E-state index in [1.165, 1.54) is 22.0 Å². The summed E-state index contributed by atoms with van der Waals surface area (Å²) < 4.78 is 4.78. The van der Waals surface area contributed by atoms with Crippen molar-refractivity contribution in [2.45, 2.75) is 31.7 Å². The molecule has 0 radical (unpaired) electrons. The molecule has 4 amide bonds. The highest BCUT2D eigenvalue weighted by molar-refractivity contribution is 7.53. The summed E-state index contributed by atoms with van der Waals surface area (Å²) in [6.45, 7) is 0.584. The number of carbonyl (C=O) groups is 3. The summed E-state index contributed by atoms with van der Waals surface area (Å²) in [6, 6.07) is 28.2. The van der Waals surface area contributed by atoms with Gasteiger partial charge in [0.25, 0.3) is 0 Å². The Balaban J connectivity index is 1.32. The number of amides is 4. The van der Waals surface area contributed by atoms with Gasteiger partial charge in [-0.3, -0.25) is 14.1 Å². The summed E-state index contributed by atoms with van der Waals surface area (Å²) in [5, 5.41) is 8.13. The van der Waals surface area contributed by atoms with Gasteiger partial charge in [0.15, 0.2) is 5.75 Å². The number of fused-ring (bicyclic) bond motifs is 2. The zero-order valence-electron chi connectivity index (χ0n) is 25.1. The molecule has 0 aromatic heterocycles. The molecule has 2 heterocycles. The maximum Gasteiger partial charge on any atom is 0.613 e. The van der Waals surface area contributed by atoms with E-state index >= 15 is 0 Å². The fourth-order valence-corrected chi connectivity index (χ4v) is 6.59. The minimum absolute atomic E-state index is 0.0342. The van der Waals surface area contributed by atoms with E-state index < -0.39 is 26.4 Å². The summed E-state index contributed by atoms with van der Waals surface area (Å²) in [7, 11) is -2.81. The topological polar surface area (TPSA) is 146 Å². The third-order valence-corrected chi connectivity index (χ3v) is 8.71. The van der Waals surface area contributed by atoms with Gasteiger partial charge < -0.3 is 15.1 Å². The average Bonchev–Trinajstić information content (AvgIpc) is 3.02. The molecule has 2 atom stereocenters. The summed E-state index contributed by atoms with van der Waals surface area (Å²) in [4.78, 5) is 72.7. The molecule has 0 unspecified atom stereocenters. The molecular weight excluding hydrogens is 609 g/mol. The average molecular weight is 645 g/mol. The molecule has 13 heteroatoms. The Morgan fingerprint density at radius 1 is 0.891 bits per heavy atom. The van der Waals surface area contributed by atoms with Gasteiger partial charge in [-0.2, -0.15) is 14.7 Å². The number of hydrogen-bond acceptors (Lipinski definition) is 8. The van der Waals surface area contributed by atoms with Crippen LogP contribution in [0.25, 0.3) is 10.8 Å². The standard InChI is InChI=1S/C33H34N5O7P/c1-35-22-31(39)37-29(18-23-14-16-27(17-15-23)45-46(42,43)44)32(40)36(20-26-12-7-11-25-10-5-6-13-28(25)26)21-30(37)38(35)33(41)34-19-24-8-3-2-4-9-24/h2-17,29-30,42-44H,18-22H2,1H3/p+1/t29-,30-/m0/s1. The first-order valence-corrected chi connectivity index (χ1v) is 16.4. The van der Waals surface area contributed by atoms with Crippen LogP contribution in [0.5, 0.6) is 5.75 Å². The van der Waals surface area contributed by atoms with Crippen LogP contribution in [0, 0.1) is 0 Å². The van der Waals surface area contributed by atoms with Gasteiger partial charge in [-0.25, -0.2) is 14.8 Å². The molecular formula is C33H35N5O7P+. The van der Waals surface area contributed by atoms with Gasteiger partial charge in [0.1, 0.15) is 12.2 Å². The highest BCUT2D eigenvalue weighted by Gasteiger charge is 2.50. The highest BCUT2D eigenvalue weighted by Crippen LogP contribution is 2.46. The van der Waals surface area contributed by atoms with Crippen LogP contribution in [0.2, 0.25) is 0 Å². The lowest BCUT2D eigenvalue weighted by molar-refractivity contribution is -0.187. The zero-order valence-corrected chi connectivity index (χ0v) is 26.0. The van der Waals surface area contributed by atoms with Crippen molar-refractivity contribution < 1.29 is 33.6 Å². The first-order chi connectivity index (χ1) is 22.1. The van der Waals surface area contributed by atoms with E-state index in [0.29, 0.717) is 12.1 Å². The molecule has 0 aliphatic carbocycles. The fourth-order valence-electron chi connectivity index (χ4n) is 6.19. The van der Waals surface area contributed by atoms with Crippen LogP contribution < -0.4 is 9.84 Å². The molecule has 2 fully saturated rings. The third kappa shape index (κ3) is 6.81. The highest BCUT2D eigenvalue weighted by atomic mass is 31.2. The Labute approximate surface area is 266 Å². The SMILES string of the molecule is CN1CC(=O)N2[C@@H](Cc3ccc(O[P+](O)(O)O)cc3)C(=O)N(Cc3cccc4ccccc34)C[C@@H]2N1C(=O)NCc1ccccc1. The Morgan fingerprint density at radius 3 is 2.33 bits per heavy atom. The molecule has 46 heavy (non-hydrogen) atoms. The van der Waals surface area contributed by atoms with Crippen molar-refractivity contribution in [3.05, 3.63) is 114 Å². The van der Waals surface area contributed by atoms with Crippen molar-refractivity contribution in [3.8, 4) is 5.75 Å². The summed E-state index contributed by atoms with van der Waals surface area (Å²) in [6.07, 6.45) is -0.639. The number of likely N-dealkylation sites (N-methyl/N-ethyl adjacent to an activating group) is 1.